The van der Waals surface area contributed by atoms with Gasteiger partial charge in [-0.2, -0.15) is 0 Å². The maximum Gasteiger partial charge on any atom is 0.224 e. The van der Waals surface area contributed by atoms with E-state index >= 15 is 0 Å². The van der Waals surface area contributed by atoms with Crippen molar-refractivity contribution in [1.82, 2.24) is 14.5 Å². The van der Waals surface area contributed by atoms with E-state index in [1.807, 2.05) is 0 Å². The van der Waals surface area contributed by atoms with Gasteiger partial charge in [0, 0.05) is 32.2 Å². The van der Waals surface area contributed by atoms with Crippen LogP contribution in [-0.2, 0) is 14.8 Å². The molecule has 0 bridgehead atoms. The maximum absolute atomic E-state index is 12.4. The normalized spacial score (nSPS) is 29.2. The van der Waals surface area contributed by atoms with Crippen LogP contribution in [0.5, 0.6) is 0 Å². The Morgan fingerprint density at radius 3 is 2.57 bits per heavy atom. The number of sulfonamides is 1. The molecular formula is C16H31N3O3S. The van der Waals surface area contributed by atoms with E-state index in [1.54, 1.807) is 0 Å². The first-order valence-electron chi connectivity index (χ1n) is 8.74. The van der Waals surface area contributed by atoms with Crippen LogP contribution < -0.4 is 5.32 Å². The van der Waals surface area contributed by atoms with Crippen LogP contribution in [0.15, 0.2) is 0 Å². The minimum atomic E-state index is -3.20. The van der Waals surface area contributed by atoms with Gasteiger partial charge in [-0.25, -0.2) is 12.7 Å². The molecule has 134 valence electrons. The minimum Gasteiger partial charge on any atom is -0.354 e. The van der Waals surface area contributed by atoms with Gasteiger partial charge in [0.15, 0.2) is 0 Å². The molecule has 0 aromatic carbocycles. The van der Waals surface area contributed by atoms with Gasteiger partial charge in [-0.15, -0.1) is 0 Å². The highest BCUT2D eigenvalue weighted by Crippen LogP contribution is 2.20. The maximum atomic E-state index is 12.4. The van der Waals surface area contributed by atoms with Gasteiger partial charge in [-0.05, 0) is 45.1 Å². The molecule has 2 fully saturated rings. The summed E-state index contributed by atoms with van der Waals surface area (Å²) in [6.45, 7) is 8.13. The molecule has 2 rings (SSSR count). The number of carbonyl (C=O) groups is 1. The lowest BCUT2D eigenvalue weighted by Gasteiger charge is -2.36. The van der Waals surface area contributed by atoms with Crippen LogP contribution in [0.3, 0.4) is 0 Å². The number of piperidine rings is 2. The van der Waals surface area contributed by atoms with Crippen molar-refractivity contribution in [2.45, 2.75) is 45.6 Å². The molecule has 0 aromatic heterocycles. The molecule has 0 aliphatic carbocycles. The number of nitrogens with one attached hydrogen (secondary N) is 1. The summed E-state index contributed by atoms with van der Waals surface area (Å²) in [7, 11) is -3.20. The Morgan fingerprint density at radius 2 is 1.91 bits per heavy atom. The first-order chi connectivity index (χ1) is 10.8. The van der Waals surface area contributed by atoms with Gasteiger partial charge < -0.3 is 5.32 Å². The molecule has 3 atom stereocenters. The van der Waals surface area contributed by atoms with Gasteiger partial charge in [0.25, 0.3) is 0 Å². The van der Waals surface area contributed by atoms with Gasteiger partial charge in [0.05, 0.1) is 12.2 Å². The topological polar surface area (TPSA) is 69.7 Å². The number of carbonyl (C=O) groups excluding carboxylic acids is 1. The molecule has 2 aliphatic rings. The van der Waals surface area contributed by atoms with Crippen LogP contribution >= 0.6 is 0 Å². The van der Waals surface area contributed by atoms with E-state index in [9.17, 15) is 13.2 Å². The van der Waals surface area contributed by atoms with E-state index in [4.69, 9.17) is 0 Å². The molecule has 1 amide bonds. The summed E-state index contributed by atoms with van der Waals surface area (Å²) in [5.74, 6) is 0.504. The van der Waals surface area contributed by atoms with Crippen molar-refractivity contribution >= 4 is 15.9 Å². The second-order valence-corrected chi connectivity index (χ2v) is 9.28. The molecule has 6 nitrogen and oxygen atoms in total. The Morgan fingerprint density at radius 1 is 1.22 bits per heavy atom. The lowest BCUT2D eigenvalue weighted by molar-refractivity contribution is -0.126. The fraction of sp³-hybridized carbons (Fsp3) is 0.938. The number of hydrogen-bond donors (Lipinski definition) is 1. The third-order valence-corrected chi connectivity index (χ3v) is 6.38. The summed E-state index contributed by atoms with van der Waals surface area (Å²) in [5.41, 5.74) is 0. The molecule has 23 heavy (non-hydrogen) atoms. The van der Waals surface area contributed by atoms with Gasteiger partial charge in [-0.3, -0.25) is 9.69 Å². The first kappa shape index (κ1) is 18.7. The molecule has 2 saturated heterocycles. The molecule has 2 heterocycles. The lowest BCUT2D eigenvalue weighted by atomic mass is 9.98. The zero-order valence-corrected chi connectivity index (χ0v) is 15.4. The van der Waals surface area contributed by atoms with Gasteiger partial charge in [0.1, 0.15) is 0 Å². The van der Waals surface area contributed by atoms with Crippen LogP contribution in [0.4, 0.5) is 0 Å². The Balaban J connectivity index is 1.80. The highest BCUT2D eigenvalue weighted by Gasteiger charge is 2.30. The van der Waals surface area contributed by atoms with Crippen LogP contribution in [0.25, 0.3) is 0 Å². The van der Waals surface area contributed by atoms with Gasteiger partial charge in [0.2, 0.25) is 15.9 Å². The molecule has 2 aliphatic heterocycles. The van der Waals surface area contributed by atoms with Crippen molar-refractivity contribution in [3.8, 4) is 0 Å². The van der Waals surface area contributed by atoms with Crippen molar-refractivity contribution in [1.29, 1.82) is 0 Å². The number of hydrogen-bond acceptors (Lipinski definition) is 4. The highest BCUT2D eigenvalue weighted by atomic mass is 32.2. The number of amides is 1. The average Bonchev–Trinajstić information content (AvgIpc) is 2.51. The van der Waals surface area contributed by atoms with Crippen LogP contribution in [0, 0.1) is 11.8 Å². The van der Waals surface area contributed by atoms with E-state index in [1.165, 1.54) is 23.4 Å². The molecule has 0 spiro atoms. The zero-order chi connectivity index (χ0) is 17.0. The van der Waals surface area contributed by atoms with E-state index in [2.05, 4.69) is 24.1 Å². The van der Waals surface area contributed by atoms with Gasteiger partial charge in [-0.1, -0.05) is 6.92 Å². The Kier molecular flexibility index (Phi) is 6.45. The molecular weight excluding hydrogens is 314 g/mol. The van der Waals surface area contributed by atoms with Crippen molar-refractivity contribution < 1.29 is 13.2 Å². The molecule has 0 radical (unpaired) electrons. The second kappa shape index (κ2) is 7.94. The predicted octanol–water partition coefficient (Wildman–Crippen LogP) is 0.895. The Labute approximate surface area is 140 Å². The van der Waals surface area contributed by atoms with E-state index in [0.29, 0.717) is 25.7 Å². The molecule has 3 unspecified atom stereocenters. The van der Waals surface area contributed by atoms with Gasteiger partial charge >= 0.3 is 0 Å². The second-order valence-electron chi connectivity index (χ2n) is 7.30. The summed E-state index contributed by atoms with van der Waals surface area (Å²) in [6.07, 6.45) is 5.26. The molecule has 0 aromatic rings. The summed E-state index contributed by atoms with van der Waals surface area (Å²) in [4.78, 5) is 14.8. The predicted molar refractivity (Wildman–Crippen MR) is 91.6 cm³/mol. The van der Waals surface area contributed by atoms with Crippen molar-refractivity contribution in [2.24, 2.45) is 11.8 Å². The average molecular weight is 346 g/mol. The van der Waals surface area contributed by atoms with E-state index in [0.717, 1.165) is 31.8 Å². The molecule has 7 heteroatoms. The van der Waals surface area contributed by atoms with Crippen molar-refractivity contribution in [2.75, 3.05) is 39.0 Å². The number of nitrogens with zero attached hydrogens (tertiary/aromatic N) is 2. The molecule has 0 saturated carbocycles. The highest BCUT2D eigenvalue weighted by molar-refractivity contribution is 7.88. The van der Waals surface area contributed by atoms with E-state index in [-0.39, 0.29) is 11.8 Å². The Hall–Kier alpha value is -0.660. The lowest BCUT2D eigenvalue weighted by Crippen LogP contribution is -2.49. The van der Waals surface area contributed by atoms with Crippen LogP contribution in [0.2, 0.25) is 0 Å². The number of rotatable bonds is 5. The van der Waals surface area contributed by atoms with Crippen LogP contribution in [0.1, 0.15) is 39.5 Å². The fourth-order valence-corrected chi connectivity index (χ4v) is 4.52. The smallest absolute Gasteiger partial charge is 0.224 e. The summed E-state index contributed by atoms with van der Waals surface area (Å²) >= 11 is 0. The first-order valence-corrected chi connectivity index (χ1v) is 10.6. The van der Waals surface area contributed by atoms with Crippen molar-refractivity contribution in [3.63, 3.8) is 0 Å². The molecule has 1 N–H and O–H groups in total. The zero-order valence-electron chi connectivity index (χ0n) is 14.6. The Bertz CT molecular complexity index is 509. The third-order valence-electron chi connectivity index (χ3n) is 5.11. The third kappa shape index (κ3) is 5.43. The standard InChI is InChI=1S/C16H31N3O3S/c1-13-6-4-8-18(11-13)14(2)10-17-16(20)15-7-5-9-19(12-15)23(3,21)22/h13-15H,4-12H2,1-3H3,(H,17,20). The number of likely N-dealkylation sites (tertiary alicyclic amines) is 1. The van der Waals surface area contributed by atoms with Crippen LogP contribution in [-0.4, -0.2) is 68.6 Å². The summed E-state index contributed by atoms with van der Waals surface area (Å²) < 4.78 is 24.7. The fourth-order valence-electron chi connectivity index (χ4n) is 3.61. The minimum absolute atomic E-state index is 0.00439. The quantitative estimate of drug-likeness (QED) is 0.804. The largest absolute Gasteiger partial charge is 0.354 e. The monoisotopic (exact) mass is 345 g/mol. The van der Waals surface area contributed by atoms with Crippen molar-refractivity contribution in [3.05, 3.63) is 0 Å². The SMILES string of the molecule is CC1CCCN(C(C)CNC(=O)C2CCCN(S(C)(=O)=O)C2)C1. The van der Waals surface area contributed by atoms with E-state index < -0.39 is 10.0 Å². The summed E-state index contributed by atoms with van der Waals surface area (Å²) in [6, 6.07) is 0.330. The summed E-state index contributed by atoms with van der Waals surface area (Å²) in [5, 5.41) is 3.03.